The van der Waals surface area contributed by atoms with Crippen LogP contribution in [0.2, 0.25) is 0 Å². The second-order valence-corrected chi connectivity index (χ2v) is 10.8. The summed E-state index contributed by atoms with van der Waals surface area (Å²) in [5, 5.41) is 8.92. The minimum Gasteiger partial charge on any atom is -0.335 e. The molecule has 35 heavy (non-hydrogen) atoms. The Morgan fingerprint density at radius 1 is 1.17 bits per heavy atom. The monoisotopic (exact) mass is 502 g/mol. The van der Waals surface area contributed by atoms with Crippen molar-refractivity contribution in [3.63, 3.8) is 0 Å². The quantitative estimate of drug-likeness (QED) is 0.256. The summed E-state index contributed by atoms with van der Waals surface area (Å²) in [7, 11) is -1.42. The lowest BCUT2D eigenvalue weighted by atomic mass is 10.1. The Morgan fingerprint density at radius 3 is 2.29 bits per heavy atom. The van der Waals surface area contributed by atoms with Gasteiger partial charge in [-0.3, -0.25) is 19.3 Å². The fourth-order valence-corrected chi connectivity index (χ4v) is 6.39. The van der Waals surface area contributed by atoms with Crippen LogP contribution in [0.5, 0.6) is 0 Å². The second kappa shape index (κ2) is 12.0. The van der Waals surface area contributed by atoms with Crippen LogP contribution < -0.4 is 0 Å². The van der Waals surface area contributed by atoms with Crippen LogP contribution in [0.15, 0.2) is 24.3 Å². The Morgan fingerprint density at radius 2 is 1.77 bits per heavy atom. The summed E-state index contributed by atoms with van der Waals surface area (Å²) in [6, 6.07) is 9.04. The van der Waals surface area contributed by atoms with Crippen LogP contribution in [0.3, 0.4) is 0 Å². The molecule has 10 heteroatoms. The lowest BCUT2D eigenvalue weighted by Crippen LogP contribution is -2.44. The molecule has 0 spiro atoms. The largest absolute Gasteiger partial charge is 0.335 e. The molecule has 2 aliphatic heterocycles. The van der Waals surface area contributed by atoms with Gasteiger partial charge in [-0.25, -0.2) is 4.67 Å². The number of hydrogen-bond donors (Lipinski definition) is 0. The minimum atomic E-state index is -1.42. The lowest BCUT2D eigenvalue weighted by Gasteiger charge is -2.36. The Hall–Kier alpha value is -2.37. The summed E-state index contributed by atoms with van der Waals surface area (Å²) < 4.78 is 14.6. The number of imide groups is 1. The van der Waals surface area contributed by atoms with Gasteiger partial charge in [-0.15, -0.1) is 0 Å². The van der Waals surface area contributed by atoms with Crippen molar-refractivity contribution in [2.45, 2.75) is 78.1 Å². The Labute approximate surface area is 208 Å². The van der Waals surface area contributed by atoms with Crippen molar-refractivity contribution in [3.05, 3.63) is 35.4 Å². The fourth-order valence-electron chi connectivity index (χ4n) is 4.67. The molecular formula is C25H35N4O5P. The zero-order valence-electron chi connectivity index (χ0n) is 21.1. The van der Waals surface area contributed by atoms with Crippen molar-refractivity contribution in [1.29, 1.82) is 5.26 Å². The highest BCUT2D eigenvalue weighted by Crippen LogP contribution is 2.48. The van der Waals surface area contributed by atoms with Crippen molar-refractivity contribution in [2.24, 2.45) is 0 Å². The number of hydrogen-bond acceptors (Lipinski definition) is 7. The molecule has 1 saturated heterocycles. The van der Waals surface area contributed by atoms with Crippen molar-refractivity contribution >= 4 is 26.2 Å². The first-order valence-corrected chi connectivity index (χ1v) is 13.3. The van der Waals surface area contributed by atoms with Gasteiger partial charge in [0.05, 0.1) is 36.3 Å². The highest BCUT2D eigenvalue weighted by molar-refractivity contribution is 7.44. The maximum absolute atomic E-state index is 13.3. The summed E-state index contributed by atoms with van der Waals surface area (Å²) in [5.74, 6) is -1.13. The summed E-state index contributed by atoms with van der Waals surface area (Å²) in [6.07, 6.45) is 1.42. The lowest BCUT2D eigenvalue weighted by molar-refractivity contribution is -0.132. The van der Waals surface area contributed by atoms with Gasteiger partial charge in [-0.05, 0) is 52.7 Å². The molecule has 3 amide bonds. The van der Waals surface area contributed by atoms with Crippen LogP contribution in [0.25, 0.3) is 0 Å². The minimum absolute atomic E-state index is 0.0507. The number of nitriles is 1. The van der Waals surface area contributed by atoms with E-state index in [1.807, 2.05) is 6.92 Å². The number of amides is 3. The van der Waals surface area contributed by atoms with Crippen molar-refractivity contribution in [3.8, 4) is 6.07 Å². The number of carbonyl (C=O) groups is 3. The molecule has 0 aromatic heterocycles. The number of benzene rings is 1. The Balaban J connectivity index is 1.69. The van der Waals surface area contributed by atoms with Gasteiger partial charge < -0.3 is 13.9 Å². The van der Waals surface area contributed by atoms with Crippen LogP contribution >= 0.6 is 8.53 Å². The van der Waals surface area contributed by atoms with E-state index < -0.39 is 20.3 Å². The third-order valence-corrected chi connectivity index (χ3v) is 8.42. The number of fused-ring (bicyclic) bond motifs is 1. The second-order valence-electron chi connectivity index (χ2n) is 9.36. The molecule has 0 radical (unpaired) electrons. The molecular weight excluding hydrogens is 467 g/mol. The molecule has 1 aromatic carbocycles. The summed E-state index contributed by atoms with van der Waals surface area (Å²) in [5.41, 5.74) is 0.671. The number of rotatable bonds is 11. The van der Waals surface area contributed by atoms with Crippen LogP contribution in [-0.2, 0) is 13.8 Å². The van der Waals surface area contributed by atoms with E-state index >= 15 is 0 Å². The highest BCUT2D eigenvalue weighted by atomic mass is 31.2. The highest BCUT2D eigenvalue weighted by Gasteiger charge is 2.42. The predicted octanol–water partition coefficient (Wildman–Crippen LogP) is 3.95. The van der Waals surface area contributed by atoms with Crippen molar-refractivity contribution in [1.82, 2.24) is 14.5 Å². The van der Waals surface area contributed by atoms with Crippen LogP contribution in [0.4, 0.5) is 0 Å². The average molecular weight is 503 g/mol. The van der Waals surface area contributed by atoms with E-state index in [1.54, 1.807) is 29.2 Å². The van der Waals surface area contributed by atoms with Crippen molar-refractivity contribution in [2.75, 3.05) is 19.7 Å². The summed E-state index contributed by atoms with van der Waals surface area (Å²) in [6.45, 7) is 10.7. The van der Waals surface area contributed by atoms with Gasteiger partial charge in [-0.2, -0.15) is 5.26 Å². The van der Waals surface area contributed by atoms with Gasteiger partial charge in [0.15, 0.2) is 0 Å². The smallest absolute Gasteiger partial charge is 0.262 e. The van der Waals surface area contributed by atoms with Gasteiger partial charge in [0, 0.05) is 24.7 Å². The van der Waals surface area contributed by atoms with Crippen LogP contribution in [0.1, 0.15) is 74.6 Å². The zero-order valence-corrected chi connectivity index (χ0v) is 22.0. The molecule has 9 nitrogen and oxygen atoms in total. The molecule has 3 rings (SSSR count). The molecule has 0 N–H and O–H groups in total. The van der Waals surface area contributed by atoms with E-state index in [9.17, 15) is 14.4 Å². The first kappa shape index (κ1) is 27.2. The maximum Gasteiger partial charge on any atom is 0.262 e. The van der Waals surface area contributed by atoms with Gasteiger partial charge in [0.25, 0.3) is 20.3 Å². The molecule has 0 bridgehead atoms. The van der Waals surface area contributed by atoms with E-state index in [1.165, 1.54) is 0 Å². The van der Waals surface area contributed by atoms with E-state index in [4.69, 9.17) is 14.3 Å². The first-order chi connectivity index (χ1) is 16.7. The molecule has 0 saturated carbocycles. The number of nitrogens with zero attached hydrogens (tertiary/aromatic N) is 4. The van der Waals surface area contributed by atoms with E-state index in [0.717, 1.165) is 11.3 Å². The first-order valence-electron chi connectivity index (χ1n) is 12.2. The molecule has 3 atom stereocenters. The zero-order chi connectivity index (χ0) is 25.7. The van der Waals surface area contributed by atoms with Gasteiger partial charge in [0.1, 0.15) is 6.54 Å². The van der Waals surface area contributed by atoms with Crippen LogP contribution in [-0.4, -0.2) is 76.1 Å². The SMILES string of the molecule is CC[C@@H]1C[C@@H](OP(OCCC#N)N(C(C)C)C(C)C)CN1C(=O)CN1C(=O)c2ccccc2C1=O. The molecule has 190 valence electrons. The third kappa shape index (κ3) is 6.07. The maximum atomic E-state index is 13.3. The van der Waals surface area contributed by atoms with E-state index in [2.05, 4.69) is 38.4 Å². The van der Waals surface area contributed by atoms with Gasteiger partial charge in [-0.1, -0.05) is 19.1 Å². The predicted molar refractivity (Wildman–Crippen MR) is 132 cm³/mol. The topological polar surface area (TPSA) is 103 Å². The molecule has 1 unspecified atom stereocenters. The van der Waals surface area contributed by atoms with Crippen molar-refractivity contribution < 1.29 is 23.4 Å². The fraction of sp³-hybridized carbons (Fsp3) is 0.600. The van der Waals surface area contributed by atoms with Gasteiger partial charge in [0.2, 0.25) is 5.91 Å². The van der Waals surface area contributed by atoms with E-state index in [-0.39, 0.29) is 49.7 Å². The molecule has 1 fully saturated rings. The molecule has 2 heterocycles. The Kier molecular flexibility index (Phi) is 9.37. The summed E-state index contributed by atoms with van der Waals surface area (Å²) in [4.78, 5) is 41.4. The molecule has 1 aromatic rings. The summed E-state index contributed by atoms with van der Waals surface area (Å²) >= 11 is 0. The van der Waals surface area contributed by atoms with Crippen LogP contribution in [0, 0.1) is 11.3 Å². The van der Waals surface area contributed by atoms with Gasteiger partial charge >= 0.3 is 0 Å². The standard InChI is InChI=1S/C25H35N4O5P/c1-6-19-14-20(34-35(33-13-9-12-26)29(17(2)3)18(4)5)15-27(19)23(30)16-28-24(31)21-10-7-8-11-22(21)25(28)32/h7-8,10-11,17-20H,6,9,13-16H2,1-5H3/t19-,20-,35?/m1/s1. The molecule has 2 aliphatic rings. The normalized spacial score (nSPS) is 20.8. The average Bonchev–Trinajstić information content (AvgIpc) is 3.33. The third-order valence-electron chi connectivity index (χ3n) is 6.24. The number of likely N-dealkylation sites (tertiary alicyclic amines) is 1. The Bertz CT molecular complexity index is 936. The molecule has 0 aliphatic carbocycles. The van der Waals surface area contributed by atoms with E-state index in [0.29, 0.717) is 24.1 Å². The number of carbonyl (C=O) groups excluding carboxylic acids is 3.